The molecule has 0 amide bonds. The van der Waals surface area contributed by atoms with Crippen LogP contribution in [0.25, 0.3) is 0 Å². The monoisotopic (exact) mass is 616 g/mol. The molecule has 14 atom stereocenters. The van der Waals surface area contributed by atoms with Crippen LogP contribution in [0.1, 0.15) is 72.3 Å². The van der Waals surface area contributed by atoms with E-state index in [1.807, 2.05) is 19.9 Å². The van der Waals surface area contributed by atoms with Gasteiger partial charge in [-0.1, -0.05) is 13.8 Å². The fourth-order valence-electron chi connectivity index (χ4n) is 11.3. The predicted octanol–water partition coefficient (Wildman–Crippen LogP) is 2.04. The third kappa shape index (κ3) is 3.22. The lowest BCUT2D eigenvalue weighted by atomic mass is 9.33. The highest BCUT2D eigenvalue weighted by Gasteiger charge is 2.92. The van der Waals surface area contributed by atoms with Gasteiger partial charge in [-0.05, 0) is 37.3 Å². The summed E-state index contributed by atoms with van der Waals surface area (Å²) in [5.41, 5.74) is -5.09. The quantitative estimate of drug-likeness (QED) is 0.287. The van der Waals surface area contributed by atoms with Crippen molar-refractivity contribution < 1.29 is 57.5 Å². The number of rotatable bonds is 4. The number of carbonyl (C=O) groups is 4. The van der Waals surface area contributed by atoms with Crippen LogP contribution in [0.4, 0.5) is 0 Å². The van der Waals surface area contributed by atoms with Gasteiger partial charge in [0.2, 0.25) is 6.29 Å². The summed E-state index contributed by atoms with van der Waals surface area (Å²) in [6.07, 6.45) is -2.32. The maximum atomic E-state index is 15.2. The van der Waals surface area contributed by atoms with E-state index in [9.17, 15) is 24.6 Å². The Hall–Kier alpha value is -2.80. The number of epoxide rings is 1. The van der Waals surface area contributed by atoms with Crippen molar-refractivity contribution in [3.63, 3.8) is 0 Å². The first-order valence-corrected chi connectivity index (χ1v) is 15.3. The Morgan fingerprint density at radius 2 is 1.59 bits per heavy atom. The Balaban J connectivity index is 1.43. The van der Waals surface area contributed by atoms with Crippen LogP contribution in [0.5, 0.6) is 0 Å². The molecule has 240 valence electrons. The van der Waals surface area contributed by atoms with E-state index in [1.54, 1.807) is 19.5 Å². The Morgan fingerprint density at radius 3 is 2.20 bits per heavy atom. The van der Waals surface area contributed by atoms with Crippen molar-refractivity contribution in [2.24, 2.45) is 33.5 Å². The van der Waals surface area contributed by atoms with Gasteiger partial charge < -0.3 is 38.3 Å². The molecule has 12 heteroatoms. The molecule has 2 saturated heterocycles. The zero-order chi connectivity index (χ0) is 31.8. The van der Waals surface area contributed by atoms with Crippen molar-refractivity contribution in [3.05, 3.63) is 24.2 Å². The lowest BCUT2D eigenvalue weighted by molar-refractivity contribution is -0.374. The van der Waals surface area contributed by atoms with E-state index in [1.165, 1.54) is 20.8 Å². The molecule has 0 aromatic carbocycles. The maximum absolute atomic E-state index is 15.2. The predicted molar refractivity (Wildman–Crippen MR) is 146 cm³/mol. The number of ketones is 1. The Morgan fingerprint density at radius 1 is 0.909 bits per heavy atom. The van der Waals surface area contributed by atoms with Crippen LogP contribution in [0.15, 0.2) is 23.0 Å². The molecule has 6 fully saturated rings. The summed E-state index contributed by atoms with van der Waals surface area (Å²) < 4.78 is 35.6. The van der Waals surface area contributed by atoms with Crippen LogP contribution in [0.3, 0.4) is 0 Å². The number of Topliss-reactive ketones (excluding diaryl/α,β-unsaturated/α-hetero) is 1. The molecule has 2 N–H and O–H groups in total. The van der Waals surface area contributed by atoms with Gasteiger partial charge >= 0.3 is 17.9 Å². The van der Waals surface area contributed by atoms with Gasteiger partial charge in [0.1, 0.15) is 11.7 Å². The number of furan rings is 1. The minimum Gasteiger partial charge on any atom is -0.472 e. The molecule has 2 bridgehead atoms. The normalized spacial score (nSPS) is 51.6. The lowest BCUT2D eigenvalue weighted by Crippen LogP contribution is -2.82. The number of carbonyl (C=O) groups excluding carboxylic acids is 4. The molecule has 12 nitrogen and oxygen atoms in total. The molecule has 1 aromatic heterocycles. The maximum Gasteiger partial charge on any atom is 0.304 e. The van der Waals surface area contributed by atoms with Crippen molar-refractivity contribution in [2.75, 3.05) is 6.61 Å². The van der Waals surface area contributed by atoms with Crippen LogP contribution >= 0.6 is 0 Å². The number of hydrogen-bond acceptors (Lipinski definition) is 12. The van der Waals surface area contributed by atoms with Crippen molar-refractivity contribution >= 4 is 23.7 Å². The van der Waals surface area contributed by atoms with E-state index in [0.29, 0.717) is 6.42 Å². The number of aliphatic hydroxyl groups is 2. The molecule has 44 heavy (non-hydrogen) atoms. The van der Waals surface area contributed by atoms with Crippen LogP contribution in [0, 0.1) is 33.5 Å². The average Bonchev–Trinajstić information content (AvgIpc) is 3.29. The van der Waals surface area contributed by atoms with Gasteiger partial charge in [-0.2, -0.15) is 0 Å². The molecule has 1 unspecified atom stereocenters. The summed E-state index contributed by atoms with van der Waals surface area (Å²) in [7, 11) is 0. The van der Waals surface area contributed by atoms with Gasteiger partial charge in [-0.3, -0.25) is 19.2 Å². The number of esters is 3. The molecule has 2 aliphatic heterocycles. The van der Waals surface area contributed by atoms with Gasteiger partial charge in [-0.25, -0.2) is 0 Å². The molecule has 6 aliphatic rings. The van der Waals surface area contributed by atoms with Crippen molar-refractivity contribution in [2.45, 2.75) is 109 Å². The highest BCUT2D eigenvalue weighted by Crippen LogP contribution is 2.83. The summed E-state index contributed by atoms with van der Waals surface area (Å²) in [6, 6.07) is 1.83. The van der Waals surface area contributed by atoms with Gasteiger partial charge in [0, 0.05) is 49.9 Å². The smallest absolute Gasteiger partial charge is 0.304 e. The molecule has 0 radical (unpaired) electrons. The third-order valence-corrected chi connectivity index (χ3v) is 12.8. The molecule has 3 heterocycles. The van der Waals surface area contributed by atoms with Gasteiger partial charge in [0.05, 0.1) is 48.3 Å². The molecule has 1 spiro atoms. The van der Waals surface area contributed by atoms with Gasteiger partial charge in [0.15, 0.2) is 11.9 Å². The van der Waals surface area contributed by atoms with Gasteiger partial charge in [-0.15, -0.1) is 0 Å². The van der Waals surface area contributed by atoms with Crippen molar-refractivity contribution in [1.82, 2.24) is 0 Å². The van der Waals surface area contributed by atoms with Gasteiger partial charge in [0.25, 0.3) is 0 Å². The van der Waals surface area contributed by atoms with Crippen LogP contribution in [-0.4, -0.2) is 82.9 Å². The standard InChI is InChI=1S/C32H40O12/c1-14(33)41-22-11-21(37)31-13-40-27(43-16(3)35)28(22,4)19(31)10-20(36)30(6)25(31)24(38)26(42-15(2)34)29(5)18(17-7-8-39-12-17)9-23-32(29,30)44-23/h7-8,12,18-23,25-27,36-37H,9-11,13H2,1-6H3/t18-,19-,20+,21-,22+,23+,25-,26-,27?,28+,29-,30+,31+,32+/m0/s1. The first kappa shape index (κ1) is 29.9. The van der Waals surface area contributed by atoms with Crippen molar-refractivity contribution in [1.29, 1.82) is 0 Å². The highest BCUT2D eigenvalue weighted by molar-refractivity contribution is 5.93. The topological polar surface area (TPSA) is 171 Å². The van der Waals surface area contributed by atoms with E-state index in [-0.39, 0.29) is 31.5 Å². The molecular weight excluding hydrogens is 576 g/mol. The minimum absolute atomic E-state index is 0.0475. The molecule has 4 aliphatic carbocycles. The second kappa shape index (κ2) is 9.14. The number of fused-ring (bicyclic) bond motifs is 1. The molecule has 7 rings (SSSR count). The number of aliphatic hydroxyl groups excluding tert-OH is 2. The summed E-state index contributed by atoms with van der Waals surface area (Å²) >= 11 is 0. The Labute approximate surface area is 254 Å². The first-order valence-electron chi connectivity index (χ1n) is 15.3. The minimum atomic E-state index is -1.31. The SMILES string of the molecule is CC(=O)OC1OC[C@@]23[C@H]4C(=O)[C@H](OC(C)=O)[C@]5(C)[C@H](c6ccoc6)C[C@H]6O[C@]65[C@]4(C)[C@H](O)C[C@H]2[C@]1(C)[C@H](OC(C)=O)C[C@@H]3O. The Bertz CT molecular complexity index is 1420. The number of ether oxygens (including phenoxy) is 5. The highest BCUT2D eigenvalue weighted by atomic mass is 16.7. The fraction of sp³-hybridized carbons (Fsp3) is 0.750. The van der Waals surface area contributed by atoms with E-state index in [0.717, 1.165) is 5.56 Å². The van der Waals surface area contributed by atoms with Crippen LogP contribution in [0.2, 0.25) is 0 Å². The van der Waals surface area contributed by atoms with Crippen molar-refractivity contribution in [3.8, 4) is 0 Å². The van der Waals surface area contributed by atoms with E-state index >= 15 is 4.79 Å². The summed E-state index contributed by atoms with van der Waals surface area (Å²) in [4.78, 5) is 52.3. The summed E-state index contributed by atoms with van der Waals surface area (Å²) in [5.74, 6) is -4.32. The van der Waals surface area contributed by atoms with Crippen LogP contribution < -0.4 is 0 Å². The second-order valence-electron chi connectivity index (χ2n) is 14.5. The molecule has 1 aromatic rings. The van der Waals surface area contributed by atoms with Crippen LogP contribution in [-0.2, 0) is 42.9 Å². The first-order chi connectivity index (χ1) is 20.6. The zero-order valence-electron chi connectivity index (χ0n) is 25.7. The largest absolute Gasteiger partial charge is 0.472 e. The average molecular weight is 617 g/mol. The Kier molecular flexibility index (Phi) is 6.21. The fourth-order valence-corrected chi connectivity index (χ4v) is 11.3. The summed E-state index contributed by atoms with van der Waals surface area (Å²) in [6.45, 7) is 9.09. The molecule has 4 saturated carbocycles. The second-order valence-corrected chi connectivity index (χ2v) is 14.5. The number of hydrogen-bond donors (Lipinski definition) is 2. The van der Waals surface area contributed by atoms with E-state index < -0.39 is 93.5 Å². The van der Waals surface area contributed by atoms with E-state index in [4.69, 9.17) is 28.1 Å². The third-order valence-electron chi connectivity index (χ3n) is 12.8. The lowest BCUT2D eigenvalue weighted by Gasteiger charge is -2.73. The summed E-state index contributed by atoms with van der Waals surface area (Å²) in [5, 5.41) is 24.5. The molecular formula is C32H40O12. The van der Waals surface area contributed by atoms with E-state index in [2.05, 4.69) is 0 Å². The zero-order valence-corrected chi connectivity index (χ0v) is 25.7.